The number of nitrogens with one attached hydrogen (secondary N) is 2. The van der Waals surface area contributed by atoms with Crippen LogP contribution in [-0.4, -0.2) is 46.2 Å². The molecular formula is C32H47N3O4S. The molecule has 2 rings (SSSR count). The van der Waals surface area contributed by atoms with Gasteiger partial charge in [0, 0.05) is 17.5 Å². The van der Waals surface area contributed by atoms with E-state index in [2.05, 4.69) is 37.1 Å². The SMILES string of the molecule is Cc1ccc(C(C(=O)Nc2ccccc2C)N(C(=O)C(CS)NC(=O)OC(C)(C)C)C(C)CCC(C)C)cc1C. The molecule has 2 aromatic carbocycles. The second-order valence-electron chi connectivity index (χ2n) is 12.0. The first-order chi connectivity index (χ1) is 18.6. The number of amides is 3. The van der Waals surface area contributed by atoms with Gasteiger partial charge < -0.3 is 20.3 Å². The molecule has 220 valence electrons. The summed E-state index contributed by atoms with van der Waals surface area (Å²) in [6.07, 6.45) is 0.852. The topological polar surface area (TPSA) is 87.7 Å². The Morgan fingerprint density at radius 1 is 0.925 bits per heavy atom. The Hall–Kier alpha value is -3.00. The van der Waals surface area contributed by atoms with Crippen LogP contribution in [0.25, 0.3) is 0 Å². The lowest BCUT2D eigenvalue weighted by Crippen LogP contribution is -2.55. The Morgan fingerprint density at radius 2 is 1.57 bits per heavy atom. The predicted octanol–water partition coefficient (Wildman–Crippen LogP) is 6.77. The molecule has 3 unspecified atom stereocenters. The molecule has 0 aliphatic heterocycles. The van der Waals surface area contributed by atoms with Crippen LogP contribution in [0.4, 0.5) is 10.5 Å². The molecule has 40 heavy (non-hydrogen) atoms. The Balaban J connectivity index is 2.61. The summed E-state index contributed by atoms with van der Waals surface area (Å²) in [6.45, 7) is 17.4. The van der Waals surface area contributed by atoms with Crippen molar-refractivity contribution >= 4 is 36.2 Å². The third-order valence-corrected chi connectivity index (χ3v) is 7.20. The highest BCUT2D eigenvalue weighted by atomic mass is 32.1. The monoisotopic (exact) mass is 569 g/mol. The van der Waals surface area contributed by atoms with Gasteiger partial charge in [-0.2, -0.15) is 12.6 Å². The summed E-state index contributed by atoms with van der Waals surface area (Å²) < 4.78 is 5.42. The Kier molecular flexibility index (Phi) is 12.1. The van der Waals surface area contributed by atoms with E-state index in [9.17, 15) is 14.4 Å². The summed E-state index contributed by atoms with van der Waals surface area (Å²) in [7, 11) is 0. The van der Waals surface area contributed by atoms with Crippen LogP contribution >= 0.6 is 12.6 Å². The average Bonchev–Trinajstić information content (AvgIpc) is 2.86. The van der Waals surface area contributed by atoms with Crippen molar-refractivity contribution in [2.75, 3.05) is 11.1 Å². The van der Waals surface area contributed by atoms with E-state index in [1.54, 1.807) is 25.7 Å². The number of hydrogen-bond donors (Lipinski definition) is 3. The van der Waals surface area contributed by atoms with Crippen LogP contribution in [0.3, 0.4) is 0 Å². The fourth-order valence-corrected chi connectivity index (χ4v) is 4.66. The van der Waals surface area contributed by atoms with Gasteiger partial charge in [-0.05, 0) is 95.5 Å². The highest BCUT2D eigenvalue weighted by Crippen LogP contribution is 2.30. The zero-order valence-corrected chi connectivity index (χ0v) is 26.4. The maximum Gasteiger partial charge on any atom is 0.408 e. The van der Waals surface area contributed by atoms with Gasteiger partial charge in [-0.1, -0.05) is 50.2 Å². The number of aryl methyl sites for hydroxylation is 3. The molecule has 0 aliphatic rings. The predicted molar refractivity (Wildman–Crippen MR) is 166 cm³/mol. The van der Waals surface area contributed by atoms with Gasteiger partial charge in [0.05, 0.1) is 0 Å². The van der Waals surface area contributed by atoms with E-state index in [1.807, 2.05) is 70.2 Å². The van der Waals surface area contributed by atoms with Gasteiger partial charge >= 0.3 is 6.09 Å². The van der Waals surface area contributed by atoms with E-state index in [0.717, 1.165) is 23.1 Å². The van der Waals surface area contributed by atoms with Crippen LogP contribution in [0.1, 0.15) is 82.7 Å². The normalized spacial score (nSPS) is 13.8. The number of rotatable bonds is 11. The number of nitrogens with zero attached hydrogens (tertiary/aromatic N) is 1. The first-order valence-corrected chi connectivity index (χ1v) is 14.6. The zero-order chi connectivity index (χ0) is 30.2. The minimum absolute atomic E-state index is 0.0462. The third kappa shape index (κ3) is 9.58. The summed E-state index contributed by atoms with van der Waals surface area (Å²) in [6, 6.07) is 11.2. The summed E-state index contributed by atoms with van der Waals surface area (Å²) in [5.74, 6) is -0.247. The molecule has 2 N–H and O–H groups in total. The molecule has 3 amide bonds. The fraction of sp³-hybridized carbons (Fsp3) is 0.531. The minimum atomic E-state index is -0.986. The van der Waals surface area contributed by atoms with Gasteiger partial charge in [0.1, 0.15) is 17.7 Å². The van der Waals surface area contributed by atoms with Crippen molar-refractivity contribution in [3.05, 3.63) is 64.7 Å². The molecule has 0 spiro atoms. The van der Waals surface area contributed by atoms with Crippen molar-refractivity contribution in [3.8, 4) is 0 Å². The highest BCUT2D eigenvalue weighted by Gasteiger charge is 2.38. The first kappa shape index (κ1) is 33.2. The van der Waals surface area contributed by atoms with Crippen LogP contribution < -0.4 is 10.6 Å². The van der Waals surface area contributed by atoms with Gasteiger partial charge in [-0.25, -0.2) is 4.79 Å². The van der Waals surface area contributed by atoms with Gasteiger partial charge in [-0.3, -0.25) is 9.59 Å². The van der Waals surface area contributed by atoms with E-state index >= 15 is 0 Å². The number of hydrogen-bond acceptors (Lipinski definition) is 5. The number of carbonyl (C=O) groups excluding carboxylic acids is 3. The van der Waals surface area contributed by atoms with E-state index in [4.69, 9.17) is 4.74 Å². The molecule has 0 aromatic heterocycles. The number of ether oxygens (including phenoxy) is 1. The van der Waals surface area contributed by atoms with E-state index in [-0.39, 0.29) is 23.6 Å². The molecule has 0 saturated carbocycles. The number of thiol groups is 1. The smallest absolute Gasteiger partial charge is 0.408 e. The first-order valence-electron chi connectivity index (χ1n) is 14.0. The third-order valence-electron chi connectivity index (χ3n) is 6.84. The van der Waals surface area contributed by atoms with Crippen LogP contribution in [0, 0.1) is 26.7 Å². The second kappa shape index (κ2) is 14.6. The quantitative estimate of drug-likeness (QED) is 0.261. The Bertz CT molecular complexity index is 1170. The molecular weight excluding hydrogens is 522 g/mol. The van der Waals surface area contributed by atoms with E-state index in [0.29, 0.717) is 23.6 Å². The summed E-state index contributed by atoms with van der Waals surface area (Å²) in [4.78, 5) is 42.7. The molecule has 0 heterocycles. The Labute approximate surface area is 245 Å². The number of alkyl carbamates (subject to hydrolysis) is 1. The minimum Gasteiger partial charge on any atom is -0.444 e. The van der Waals surface area contributed by atoms with Crippen LogP contribution in [-0.2, 0) is 14.3 Å². The van der Waals surface area contributed by atoms with Crippen molar-refractivity contribution in [2.24, 2.45) is 5.92 Å². The largest absolute Gasteiger partial charge is 0.444 e. The lowest BCUT2D eigenvalue weighted by atomic mass is 9.95. The molecule has 0 saturated heterocycles. The van der Waals surface area contributed by atoms with Gasteiger partial charge in [0.15, 0.2) is 0 Å². The highest BCUT2D eigenvalue weighted by molar-refractivity contribution is 7.80. The molecule has 0 bridgehead atoms. The van der Waals surface area contributed by atoms with Crippen molar-refractivity contribution in [1.82, 2.24) is 10.2 Å². The second-order valence-corrected chi connectivity index (χ2v) is 12.4. The van der Waals surface area contributed by atoms with Crippen molar-refractivity contribution < 1.29 is 19.1 Å². The number of carbonyl (C=O) groups is 3. The molecule has 8 heteroatoms. The molecule has 0 fully saturated rings. The molecule has 3 atom stereocenters. The van der Waals surface area contributed by atoms with Crippen molar-refractivity contribution in [2.45, 2.75) is 98.9 Å². The summed E-state index contributed by atoms with van der Waals surface area (Å²) >= 11 is 4.40. The summed E-state index contributed by atoms with van der Waals surface area (Å²) in [5.41, 5.74) is 3.68. The molecule has 0 radical (unpaired) electrons. The lowest BCUT2D eigenvalue weighted by molar-refractivity contribution is -0.143. The number of para-hydroxylation sites is 1. The standard InChI is InChI=1S/C32H47N3O4S/c1-20(2)14-16-24(6)35(30(37)27(19-40)34-31(38)39-32(7,8)9)28(25-17-15-21(3)23(5)18-25)29(36)33-26-13-11-10-12-22(26)4/h10-13,15,17-18,20,24,27-28,40H,14,16,19H2,1-9H3,(H,33,36)(H,34,38). The van der Waals surface area contributed by atoms with E-state index in [1.165, 1.54) is 0 Å². The maximum atomic E-state index is 14.3. The lowest BCUT2D eigenvalue weighted by Gasteiger charge is -2.38. The van der Waals surface area contributed by atoms with Crippen LogP contribution in [0.15, 0.2) is 42.5 Å². The molecule has 0 aliphatic carbocycles. The van der Waals surface area contributed by atoms with Crippen LogP contribution in [0.2, 0.25) is 0 Å². The number of benzene rings is 2. The maximum absolute atomic E-state index is 14.3. The summed E-state index contributed by atoms with van der Waals surface area (Å²) in [5, 5.41) is 5.75. The van der Waals surface area contributed by atoms with Crippen molar-refractivity contribution in [1.29, 1.82) is 0 Å². The molecule has 7 nitrogen and oxygen atoms in total. The van der Waals surface area contributed by atoms with Crippen molar-refractivity contribution in [3.63, 3.8) is 0 Å². The fourth-order valence-electron chi connectivity index (χ4n) is 4.42. The average molecular weight is 570 g/mol. The van der Waals surface area contributed by atoms with Gasteiger partial charge in [0.2, 0.25) is 5.91 Å². The van der Waals surface area contributed by atoms with Crippen LogP contribution in [0.5, 0.6) is 0 Å². The zero-order valence-electron chi connectivity index (χ0n) is 25.5. The Morgan fingerprint density at radius 3 is 2.12 bits per heavy atom. The van der Waals surface area contributed by atoms with Gasteiger partial charge in [0.25, 0.3) is 5.91 Å². The number of anilines is 1. The molecule has 2 aromatic rings. The van der Waals surface area contributed by atoms with Gasteiger partial charge in [-0.15, -0.1) is 0 Å². The van der Waals surface area contributed by atoms with E-state index < -0.39 is 23.8 Å².